The number of nitrogens with zero attached hydrogens (tertiary/aromatic N) is 1. The Labute approximate surface area is 202 Å². The smallest absolute Gasteiger partial charge is 0.408 e. The molecule has 34 heavy (non-hydrogen) atoms. The predicted octanol–water partition coefficient (Wildman–Crippen LogP) is 2.38. The van der Waals surface area contributed by atoms with Crippen LogP contribution in [0.1, 0.15) is 64.6 Å². The van der Waals surface area contributed by atoms with Gasteiger partial charge in [-0.15, -0.1) is 0 Å². The zero-order valence-electron chi connectivity index (χ0n) is 20.8. The predicted molar refractivity (Wildman–Crippen MR) is 131 cm³/mol. The van der Waals surface area contributed by atoms with Gasteiger partial charge < -0.3 is 30.5 Å². The number of aliphatic hydroxyl groups excluding tert-OH is 2. The Kier molecular flexibility index (Phi) is 11.7. The highest BCUT2D eigenvalue weighted by Crippen LogP contribution is 2.24. The normalized spacial score (nSPS) is 13.9. The molecule has 9 nitrogen and oxygen atoms in total. The highest BCUT2D eigenvalue weighted by atomic mass is 16.6. The fourth-order valence-corrected chi connectivity index (χ4v) is 3.47. The van der Waals surface area contributed by atoms with E-state index < -0.39 is 48.8 Å². The van der Waals surface area contributed by atoms with Crippen LogP contribution in [0.4, 0.5) is 4.79 Å². The molecular weight excluding hydrogens is 438 g/mol. The van der Waals surface area contributed by atoms with Crippen molar-refractivity contribution in [3.63, 3.8) is 0 Å². The Morgan fingerprint density at radius 2 is 1.88 bits per heavy atom. The van der Waals surface area contributed by atoms with Crippen molar-refractivity contribution in [2.24, 2.45) is 0 Å². The number of nitrogens with one attached hydrogen (secondary N) is 2. The first-order valence-electron chi connectivity index (χ1n) is 11.5. The standard InChI is InChI=1S/C25H39N3O6/c1-7-10-17(3)26-22(31)21(19-12-9-11-18(8-2)15-19)28(13-14-29)23(32)20(16-30)27-24(33)34-25(4,5)6/h8-9,11-12,15,17,20-21,29-30H,2,7,10,13-14,16H2,1,3-6H3,(H,26,31)(H,27,33). The molecule has 4 N–H and O–H groups in total. The number of alkyl carbamates (subject to hydrolysis) is 1. The molecule has 9 heteroatoms. The van der Waals surface area contributed by atoms with Gasteiger partial charge in [0.15, 0.2) is 0 Å². The summed E-state index contributed by atoms with van der Waals surface area (Å²) in [5.41, 5.74) is 0.453. The first-order valence-corrected chi connectivity index (χ1v) is 11.5. The molecule has 3 amide bonds. The summed E-state index contributed by atoms with van der Waals surface area (Å²) in [5.74, 6) is -1.16. The molecule has 0 aliphatic rings. The molecule has 0 fully saturated rings. The molecule has 3 atom stereocenters. The summed E-state index contributed by atoms with van der Waals surface area (Å²) in [6.07, 6.45) is 2.36. The van der Waals surface area contributed by atoms with Crippen LogP contribution in [0, 0.1) is 0 Å². The largest absolute Gasteiger partial charge is 0.444 e. The van der Waals surface area contributed by atoms with Crippen LogP contribution in [0.3, 0.4) is 0 Å². The minimum Gasteiger partial charge on any atom is -0.444 e. The Hall–Kier alpha value is -2.91. The fraction of sp³-hybridized carbons (Fsp3) is 0.560. The van der Waals surface area contributed by atoms with Gasteiger partial charge in [-0.3, -0.25) is 9.59 Å². The van der Waals surface area contributed by atoms with E-state index in [-0.39, 0.29) is 12.6 Å². The minimum atomic E-state index is -1.37. The Bertz CT molecular complexity index is 836. The average Bonchev–Trinajstić information content (AvgIpc) is 2.75. The van der Waals surface area contributed by atoms with Crippen molar-refractivity contribution in [3.8, 4) is 0 Å². The van der Waals surface area contributed by atoms with Crippen LogP contribution in [0.2, 0.25) is 0 Å². The molecule has 0 spiro atoms. The third kappa shape index (κ3) is 9.15. The fourth-order valence-electron chi connectivity index (χ4n) is 3.47. The molecule has 1 rings (SSSR count). The van der Waals surface area contributed by atoms with Gasteiger partial charge in [-0.05, 0) is 51.3 Å². The Balaban J connectivity index is 3.37. The highest BCUT2D eigenvalue weighted by Gasteiger charge is 2.36. The van der Waals surface area contributed by atoms with Gasteiger partial charge in [0.2, 0.25) is 11.8 Å². The molecule has 0 bridgehead atoms. The van der Waals surface area contributed by atoms with Gasteiger partial charge in [0.05, 0.1) is 13.2 Å². The van der Waals surface area contributed by atoms with E-state index in [2.05, 4.69) is 17.2 Å². The lowest BCUT2D eigenvalue weighted by molar-refractivity contribution is -0.144. The van der Waals surface area contributed by atoms with Gasteiger partial charge in [-0.2, -0.15) is 0 Å². The van der Waals surface area contributed by atoms with Crippen molar-refractivity contribution in [1.29, 1.82) is 0 Å². The first-order chi connectivity index (χ1) is 16.0. The summed E-state index contributed by atoms with van der Waals surface area (Å²) in [6, 6.07) is 4.38. The van der Waals surface area contributed by atoms with E-state index in [1.807, 2.05) is 19.9 Å². The molecular formula is C25H39N3O6. The number of rotatable bonds is 12. The topological polar surface area (TPSA) is 128 Å². The number of hydrogen-bond acceptors (Lipinski definition) is 6. The molecule has 1 aromatic carbocycles. The number of aliphatic hydroxyl groups is 2. The maximum atomic E-state index is 13.4. The lowest BCUT2D eigenvalue weighted by Crippen LogP contribution is -2.55. The average molecular weight is 478 g/mol. The van der Waals surface area contributed by atoms with E-state index in [0.717, 1.165) is 23.3 Å². The van der Waals surface area contributed by atoms with Crippen molar-refractivity contribution in [1.82, 2.24) is 15.5 Å². The summed E-state index contributed by atoms with van der Waals surface area (Å²) in [6.45, 7) is 11.3. The maximum Gasteiger partial charge on any atom is 0.408 e. The van der Waals surface area contributed by atoms with Crippen LogP contribution >= 0.6 is 0 Å². The van der Waals surface area contributed by atoms with Gasteiger partial charge in [-0.1, -0.05) is 44.2 Å². The molecule has 0 aliphatic heterocycles. The Morgan fingerprint density at radius 1 is 1.21 bits per heavy atom. The zero-order valence-corrected chi connectivity index (χ0v) is 20.8. The summed E-state index contributed by atoms with van der Waals surface area (Å²) >= 11 is 0. The van der Waals surface area contributed by atoms with E-state index in [1.165, 1.54) is 0 Å². The van der Waals surface area contributed by atoms with Gasteiger partial charge in [0, 0.05) is 12.6 Å². The molecule has 0 radical (unpaired) electrons. The zero-order chi connectivity index (χ0) is 25.9. The van der Waals surface area contributed by atoms with Crippen molar-refractivity contribution in [2.75, 3.05) is 19.8 Å². The lowest BCUT2D eigenvalue weighted by atomic mass is 10.00. The maximum absolute atomic E-state index is 13.4. The number of hydrogen-bond donors (Lipinski definition) is 4. The second kappa shape index (κ2) is 13.7. The van der Waals surface area contributed by atoms with E-state index in [1.54, 1.807) is 45.0 Å². The molecule has 190 valence electrons. The van der Waals surface area contributed by atoms with Crippen molar-refractivity contribution < 1.29 is 29.3 Å². The number of benzene rings is 1. The van der Waals surface area contributed by atoms with Gasteiger partial charge in [0.25, 0.3) is 0 Å². The number of carbonyl (C=O) groups excluding carboxylic acids is 3. The number of amides is 3. The molecule has 0 aromatic heterocycles. The van der Waals surface area contributed by atoms with Crippen LogP contribution in [0.5, 0.6) is 0 Å². The quantitative estimate of drug-likeness (QED) is 0.366. The monoisotopic (exact) mass is 477 g/mol. The van der Waals surface area contributed by atoms with E-state index in [9.17, 15) is 24.6 Å². The van der Waals surface area contributed by atoms with Gasteiger partial charge >= 0.3 is 6.09 Å². The van der Waals surface area contributed by atoms with Gasteiger partial charge in [0.1, 0.15) is 17.7 Å². The van der Waals surface area contributed by atoms with Crippen LogP contribution < -0.4 is 10.6 Å². The van der Waals surface area contributed by atoms with Crippen molar-refractivity contribution in [3.05, 3.63) is 42.0 Å². The van der Waals surface area contributed by atoms with Crippen LogP contribution in [-0.2, 0) is 14.3 Å². The summed E-state index contributed by atoms with van der Waals surface area (Å²) < 4.78 is 5.19. The van der Waals surface area contributed by atoms with Crippen molar-refractivity contribution >= 4 is 24.0 Å². The van der Waals surface area contributed by atoms with E-state index in [4.69, 9.17) is 4.74 Å². The second-order valence-electron chi connectivity index (χ2n) is 9.11. The summed E-state index contributed by atoms with van der Waals surface area (Å²) in [4.78, 5) is 40.2. The summed E-state index contributed by atoms with van der Waals surface area (Å²) in [5, 5.41) is 24.8. The van der Waals surface area contributed by atoms with Crippen LogP contribution in [-0.4, -0.2) is 70.5 Å². The lowest BCUT2D eigenvalue weighted by Gasteiger charge is -2.34. The Morgan fingerprint density at radius 3 is 2.41 bits per heavy atom. The third-order valence-electron chi connectivity index (χ3n) is 4.93. The molecule has 0 saturated carbocycles. The number of ether oxygens (including phenoxy) is 1. The van der Waals surface area contributed by atoms with E-state index in [0.29, 0.717) is 5.56 Å². The SMILES string of the molecule is C=Cc1cccc(C(C(=O)NC(C)CCC)N(CCO)C(=O)C(CO)NC(=O)OC(C)(C)C)c1. The molecule has 0 heterocycles. The molecule has 1 aromatic rings. The number of carbonyl (C=O) groups is 3. The molecule has 0 saturated heterocycles. The van der Waals surface area contributed by atoms with Crippen molar-refractivity contribution in [2.45, 2.75) is 71.2 Å². The molecule has 3 unspecified atom stereocenters. The van der Waals surface area contributed by atoms with E-state index >= 15 is 0 Å². The van der Waals surface area contributed by atoms with Gasteiger partial charge in [-0.25, -0.2) is 4.79 Å². The van der Waals surface area contributed by atoms with Crippen LogP contribution in [0.25, 0.3) is 6.08 Å². The third-order valence-corrected chi connectivity index (χ3v) is 4.93. The molecule has 0 aliphatic carbocycles. The minimum absolute atomic E-state index is 0.137. The van der Waals surface area contributed by atoms with Crippen LogP contribution in [0.15, 0.2) is 30.8 Å². The second-order valence-corrected chi connectivity index (χ2v) is 9.11. The summed E-state index contributed by atoms with van der Waals surface area (Å²) in [7, 11) is 0. The highest BCUT2D eigenvalue weighted by molar-refractivity contribution is 5.92. The first kappa shape index (κ1) is 29.1.